The van der Waals surface area contributed by atoms with Gasteiger partial charge in [0.05, 0.1) is 5.92 Å². The molecule has 1 fully saturated rings. The summed E-state index contributed by atoms with van der Waals surface area (Å²) in [6, 6.07) is 11.6. The van der Waals surface area contributed by atoms with E-state index in [2.05, 4.69) is 5.32 Å². The van der Waals surface area contributed by atoms with Crippen LogP contribution in [0.3, 0.4) is 0 Å². The second-order valence-electron chi connectivity index (χ2n) is 6.15. The third-order valence-electron chi connectivity index (χ3n) is 4.36. The van der Waals surface area contributed by atoms with Crippen LogP contribution in [0.4, 0.5) is 10.1 Å². The van der Waals surface area contributed by atoms with Crippen LogP contribution in [0.2, 0.25) is 5.02 Å². The number of carbonyl (C=O) groups is 2. The molecule has 25 heavy (non-hydrogen) atoms. The highest BCUT2D eigenvalue weighted by molar-refractivity contribution is 6.30. The Kier molecular flexibility index (Phi) is 5.04. The van der Waals surface area contributed by atoms with Crippen molar-refractivity contribution >= 4 is 29.1 Å². The molecule has 0 saturated carbocycles. The van der Waals surface area contributed by atoms with Crippen LogP contribution in [0.25, 0.3) is 0 Å². The third kappa shape index (κ3) is 3.82. The van der Waals surface area contributed by atoms with Crippen molar-refractivity contribution in [3.05, 3.63) is 64.4 Å². The molecule has 0 bridgehead atoms. The van der Waals surface area contributed by atoms with Crippen molar-refractivity contribution in [2.24, 2.45) is 5.92 Å². The molecule has 2 aromatic carbocycles. The smallest absolute Gasteiger partial charge is 0.227 e. The Morgan fingerprint density at radius 2 is 2.08 bits per heavy atom. The number of amides is 2. The third-order valence-corrected chi connectivity index (χ3v) is 4.59. The summed E-state index contributed by atoms with van der Waals surface area (Å²) in [5.74, 6) is -1.15. The number of anilines is 1. The number of halogens is 2. The second kappa shape index (κ2) is 7.23. The highest BCUT2D eigenvalue weighted by atomic mass is 35.5. The summed E-state index contributed by atoms with van der Waals surface area (Å²) >= 11 is 5.95. The van der Waals surface area contributed by atoms with Gasteiger partial charge in [0.25, 0.3) is 0 Å². The maximum Gasteiger partial charge on any atom is 0.227 e. The molecule has 1 unspecified atom stereocenters. The van der Waals surface area contributed by atoms with Gasteiger partial charge in [0.15, 0.2) is 0 Å². The first-order valence-corrected chi connectivity index (χ1v) is 8.41. The molecule has 1 N–H and O–H groups in total. The van der Waals surface area contributed by atoms with Gasteiger partial charge < -0.3 is 10.2 Å². The van der Waals surface area contributed by atoms with E-state index in [1.165, 1.54) is 6.07 Å². The SMILES string of the molecule is Cc1cc(Cl)ccc1N1CC(C(=O)NCc2ccccc2F)CC1=O. The molecule has 0 aliphatic carbocycles. The van der Waals surface area contributed by atoms with E-state index in [0.29, 0.717) is 17.1 Å². The van der Waals surface area contributed by atoms with Crippen LogP contribution in [0.15, 0.2) is 42.5 Å². The van der Waals surface area contributed by atoms with Gasteiger partial charge in [0.1, 0.15) is 5.82 Å². The Bertz CT molecular complexity index is 825. The molecular formula is C19H18ClFN2O2. The Morgan fingerprint density at radius 1 is 1.32 bits per heavy atom. The van der Waals surface area contributed by atoms with Crippen LogP contribution < -0.4 is 10.2 Å². The molecule has 130 valence electrons. The fraction of sp³-hybridized carbons (Fsp3) is 0.263. The highest BCUT2D eigenvalue weighted by Gasteiger charge is 2.35. The maximum absolute atomic E-state index is 13.6. The lowest BCUT2D eigenvalue weighted by Crippen LogP contribution is -2.33. The zero-order valence-corrected chi connectivity index (χ0v) is 14.5. The van der Waals surface area contributed by atoms with Gasteiger partial charge in [-0.1, -0.05) is 29.8 Å². The predicted octanol–water partition coefficient (Wildman–Crippen LogP) is 3.46. The first kappa shape index (κ1) is 17.4. The number of rotatable bonds is 4. The molecular weight excluding hydrogens is 343 g/mol. The number of aryl methyl sites for hydroxylation is 1. The molecule has 0 aromatic heterocycles. The zero-order valence-electron chi connectivity index (χ0n) is 13.8. The molecule has 6 heteroatoms. The summed E-state index contributed by atoms with van der Waals surface area (Å²) in [4.78, 5) is 26.3. The summed E-state index contributed by atoms with van der Waals surface area (Å²) in [6.07, 6.45) is 0.144. The predicted molar refractivity (Wildman–Crippen MR) is 94.9 cm³/mol. The summed E-state index contributed by atoms with van der Waals surface area (Å²) in [5, 5.41) is 3.32. The Hall–Kier alpha value is -2.40. The van der Waals surface area contributed by atoms with E-state index in [1.54, 1.807) is 41.3 Å². The van der Waals surface area contributed by atoms with Crippen LogP contribution in [-0.2, 0) is 16.1 Å². The first-order valence-electron chi connectivity index (χ1n) is 8.03. The monoisotopic (exact) mass is 360 g/mol. The van der Waals surface area contributed by atoms with E-state index < -0.39 is 5.92 Å². The molecule has 2 amide bonds. The van der Waals surface area contributed by atoms with Crippen molar-refractivity contribution in [2.75, 3.05) is 11.4 Å². The highest BCUT2D eigenvalue weighted by Crippen LogP contribution is 2.29. The van der Waals surface area contributed by atoms with E-state index in [-0.39, 0.29) is 30.6 Å². The molecule has 0 spiro atoms. The van der Waals surface area contributed by atoms with Crippen LogP contribution >= 0.6 is 11.6 Å². The van der Waals surface area contributed by atoms with Crippen LogP contribution in [0, 0.1) is 18.7 Å². The number of nitrogens with zero attached hydrogens (tertiary/aromatic N) is 1. The van der Waals surface area contributed by atoms with Gasteiger partial charge >= 0.3 is 0 Å². The lowest BCUT2D eigenvalue weighted by molar-refractivity contribution is -0.126. The number of nitrogens with one attached hydrogen (secondary N) is 1. The summed E-state index contributed by atoms with van der Waals surface area (Å²) < 4.78 is 13.6. The Balaban J connectivity index is 1.65. The summed E-state index contributed by atoms with van der Waals surface area (Å²) in [6.45, 7) is 2.29. The lowest BCUT2D eigenvalue weighted by Gasteiger charge is -2.19. The van der Waals surface area contributed by atoms with Crippen LogP contribution in [0.5, 0.6) is 0 Å². The van der Waals surface area contributed by atoms with Gasteiger partial charge in [0, 0.05) is 35.8 Å². The molecule has 1 aliphatic heterocycles. The van der Waals surface area contributed by atoms with Crippen LogP contribution in [-0.4, -0.2) is 18.4 Å². The first-order chi connectivity index (χ1) is 12.0. The fourth-order valence-corrected chi connectivity index (χ4v) is 3.23. The average Bonchev–Trinajstić information content (AvgIpc) is 2.96. The normalized spacial score (nSPS) is 17.0. The fourth-order valence-electron chi connectivity index (χ4n) is 3.01. The van der Waals surface area contributed by atoms with Gasteiger partial charge in [-0.25, -0.2) is 4.39 Å². The second-order valence-corrected chi connectivity index (χ2v) is 6.58. The van der Waals surface area contributed by atoms with Crippen molar-refractivity contribution in [1.29, 1.82) is 0 Å². The molecule has 4 nitrogen and oxygen atoms in total. The number of hydrogen-bond acceptors (Lipinski definition) is 2. The largest absolute Gasteiger partial charge is 0.352 e. The molecule has 1 aliphatic rings. The van der Waals surface area contributed by atoms with Crippen molar-refractivity contribution in [3.63, 3.8) is 0 Å². The van der Waals surface area contributed by atoms with E-state index in [1.807, 2.05) is 6.92 Å². The van der Waals surface area contributed by atoms with Gasteiger partial charge in [-0.05, 0) is 36.8 Å². The average molecular weight is 361 g/mol. The summed E-state index contributed by atoms with van der Waals surface area (Å²) in [7, 11) is 0. The van der Waals surface area contributed by atoms with Crippen molar-refractivity contribution < 1.29 is 14.0 Å². The van der Waals surface area contributed by atoms with Crippen molar-refractivity contribution in [3.8, 4) is 0 Å². The van der Waals surface area contributed by atoms with Gasteiger partial charge in [0.2, 0.25) is 11.8 Å². The Labute approximate surface area is 150 Å². The van der Waals surface area contributed by atoms with Crippen molar-refractivity contribution in [1.82, 2.24) is 5.32 Å². The molecule has 1 heterocycles. The quantitative estimate of drug-likeness (QED) is 0.907. The zero-order chi connectivity index (χ0) is 18.0. The number of hydrogen-bond donors (Lipinski definition) is 1. The van der Waals surface area contributed by atoms with Crippen molar-refractivity contribution in [2.45, 2.75) is 19.9 Å². The van der Waals surface area contributed by atoms with Crippen LogP contribution in [0.1, 0.15) is 17.5 Å². The molecule has 1 atom stereocenters. The summed E-state index contributed by atoms with van der Waals surface area (Å²) in [5.41, 5.74) is 2.07. The minimum absolute atomic E-state index is 0.100. The number of benzene rings is 2. The lowest BCUT2D eigenvalue weighted by atomic mass is 10.1. The van der Waals surface area contributed by atoms with E-state index >= 15 is 0 Å². The molecule has 3 rings (SSSR count). The van der Waals surface area contributed by atoms with E-state index in [0.717, 1.165) is 11.3 Å². The van der Waals surface area contributed by atoms with Gasteiger partial charge in [-0.2, -0.15) is 0 Å². The van der Waals surface area contributed by atoms with E-state index in [4.69, 9.17) is 11.6 Å². The number of carbonyl (C=O) groups excluding carboxylic acids is 2. The maximum atomic E-state index is 13.6. The topological polar surface area (TPSA) is 49.4 Å². The minimum Gasteiger partial charge on any atom is -0.352 e. The molecule has 1 saturated heterocycles. The standard InChI is InChI=1S/C19H18ClFN2O2/c1-12-8-15(20)6-7-17(12)23-11-14(9-18(23)24)19(25)22-10-13-4-2-3-5-16(13)21/h2-8,14H,9-11H2,1H3,(H,22,25). The molecule has 0 radical (unpaired) electrons. The molecule has 2 aromatic rings. The Morgan fingerprint density at radius 3 is 2.80 bits per heavy atom. The minimum atomic E-state index is -0.450. The van der Waals surface area contributed by atoms with Gasteiger partial charge in [-0.3, -0.25) is 9.59 Å². The van der Waals surface area contributed by atoms with Gasteiger partial charge in [-0.15, -0.1) is 0 Å². The van der Waals surface area contributed by atoms with E-state index in [9.17, 15) is 14.0 Å².